The van der Waals surface area contributed by atoms with Gasteiger partial charge in [-0.25, -0.2) is 0 Å². The van der Waals surface area contributed by atoms with Gasteiger partial charge in [-0.15, -0.1) is 0 Å². The average molecular weight is 204 g/mol. The van der Waals surface area contributed by atoms with Crippen molar-refractivity contribution in [2.45, 2.75) is 25.9 Å². The number of hydrogen-bond donors (Lipinski definition) is 1. The number of rotatable bonds is 1. The lowest BCUT2D eigenvalue weighted by molar-refractivity contribution is 0.131. The highest BCUT2D eigenvalue weighted by molar-refractivity contribution is 9.11. The predicted octanol–water partition coefficient (Wildman–Crippen LogP) is 2.44. The van der Waals surface area contributed by atoms with E-state index in [-0.39, 0.29) is 11.5 Å². The molecule has 1 heterocycles. The normalized spacial score (nSPS) is 31.9. The van der Waals surface area contributed by atoms with Gasteiger partial charge in [-0.05, 0) is 13.3 Å². The number of nitrogens with one attached hydrogen (secondary N) is 1. The summed E-state index contributed by atoms with van der Waals surface area (Å²) in [6, 6.07) is 0. The monoisotopic (exact) mass is 203 g/mol. The van der Waals surface area contributed by atoms with Crippen LogP contribution < -0.4 is 0 Å². The van der Waals surface area contributed by atoms with Gasteiger partial charge in [0.15, 0.2) is 0 Å². The largest absolute Gasteiger partial charge is 0.466 e. The van der Waals surface area contributed by atoms with E-state index < -0.39 is 0 Å². The Kier molecular flexibility index (Phi) is 1.86. The van der Waals surface area contributed by atoms with E-state index in [4.69, 9.17) is 10.1 Å². The fourth-order valence-electron chi connectivity index (χ4n) is 0.830. The third kappa shape index (κ3) is 1.10. The fraction of sp³-hybridized carbons (Fsp3) is 0.571. The van der Waals surface area contributed by atoms with Crippen molar-refractivity contribution in [1.29, 1.82) is 5.41 Å². The Balaban J connectivity index is 2.86. The van der Waals surface area contributed by atoms with Crippen molar-refractivity contribution in [3.63, 3.8) is 0 Å². The molecule has 3 heteroatoms. The third-order valence-electron chi connectivity index (χ3n) is 1.77. The standard InChI is InChI=1S/C7H10BrNO/c1-3-7(2)5(8)4-6(9)10-7/h4,9H,3H2,1-2H3. The van der Waals surface area contributed by atoms with Gasteiger partial charge in [0, 0.05) is 10.6 Å². The molecule has 0 aromatic heterocycles. The highest BCUT2D eigenvalue weighted by atomic mass is 79.9. The second kappa shape index (κ2) is 2.38. The zero-order valence-electron chi connectivity index (χ0n) is 6.07. The van der Waals surface area contributed by atoms with Crippen molar-refractivity contribution in [1.82, 2.24) is 0 Å². The molecule has 1 rings (SSSR count). The number of ether oxygens (including phenoxy) is 1. The molecule has 0 aromatic carbocycles. The molecule has 0 saturated heterocycles. The Labute approximate surface area is 68.9 Å². The molecule has 0 bridgehead atoms. The second-order valence-corrected chi connectivity index (χ2v) is 3.40. The molecule has 0 radical (unpaired) electrons. The first-order valence-corrected chi connectivity index (χ1v) is 4.03. The molecule has 0 amide bonds. The quantitative estimate of drug-likeness (QED) is 0.699. The molecule has 0 aliphatic carbocycles. The summed E-state index contributed by atoms with van der Waals surface area (Å²) in [6.07, 6.45) is 2.58. The van der Waals surface area contributed by atoms with Gasteiger partial charge in [-0.2, -0.15) is 0 Å². The summed E-state index contributed by atoms with van der Waals surface area (Å²) in [5.41, 5.74) is -0.281. The lowest BCUT2D eigenvalue weighted by atomic mass is 10.1. The van der Waals surface area contributed by atoms with Crippen LogP contribution in [0.4, 0.5) is 0 Å². The van der Waals surface area contributed by atoms with Crippen molar-refractivity contribution >= 4 is 21.8 Å². The molecule has 1 N–H and O–H groups in total. The molecule has 2 nitrogen and oxygen atoms in total. The summed E-state index contributed by atoms with van der Waals surface area (Å²) in [5.74, 6) is 0.247. The van der Waals surface area contributed by atoms with Gasteiger partial charge in [0.25, 0.3) is 0 Å². The van der Waals surface area contributed by atoms with Crippen LogP contribution in [0, 0.1) is 5.41 Å². The van der Waals surface area contributed by atoms with E-state index in [0.717, 1.165) is 10.9 Å². The summed E-state index contributed by atoms with van der Waals surface area (Å²) in [7, 11) is 0. The molecule has 0 spiro atoms. The molecular weight excluding hydrogens is 194 g/mol. The summed E-state index contributed by atoms with van der Waals surface area (Å²) < 4.78 is 6.22. The lowest BCUT2D eigenvalue weighted by Crippen LogP contribution is -2.24. The molecule has 10 heavy (non-hydrogen) atoms. The van der Waals surface area contributed by atoms with Crippen LogP contribution in [0.5, 0.6) is 0 Å². The van der Waals surface area contributed by atoms with E-state index in [2.05, 4.69) is 15.9 Å². The maximum atomic E-state index is 7.21. The summed E-state index contributed by atoms with van der Waals surface area (Å²) in [4.78, 5) is 0. The minimum atomic E-state index is -0.281. The van der Waals surface area contributed by atoms with Crippen LogP contribution >= 0.6 is 15.9 Å². The molecule has 1 atom stereocenters. The smallest absolute Gasteiger partial charge is 0.207 e. The minimum absolute atomic E-state index is 0.247. The first-order valence-electron chi connectivity index (χ1n) is 3.24. The SMILES string of the molecule is CCC1(C)OC(=N)C=C1Br. The Hall–Kier alpha value is -0.310. The van der Waals surface area contributed by atoms with Gasteiger partial charge in [-0.1, -0.05) is 22.9 Å². The fourth-order valence-corrected chi connectivity index (χ4v) is 1.40. The van der Waals surface area contributed by atoms with Gasteiger partial charge in [0.2, 0.25) is 5.90 Å². The summed E-state index contributed by atoms with van der Waals surface area (Å²) >= 11 is 3.36. The zero-order valence-corrected chi connectivity index (χ0v) is 7.66. The predicted molar refractivity (Wildman–Crippen MR) is 44.5 cm³/mol. The first-order chi connectivity index (χ1) is 4.58. The van der Waals surface area contributed by atoms with Gasteiger partial charge < -0.3 is 4.74 Å². The van der Waals surface area contributed by atoms with Crippen molar-refractivity contribution < 1.29 is 4.74 Å². The van der Waals surface area contributed by atoms with Crippen molar-refractivity contribution in [2.75, 3.05) is 0 Å². The first kappa shape index (κ1) is 7.79. The van der Waals surface area contributed by atoms with E-state index in [1.807, 2.05) is 13.8 Å². The van der Waals surface area contributed by atoms with E-state index >= 15 is 0 Å². The Bertz CT molecular complexity index is 200. The van der Waals surface area contributed by atoms with E-state index in [9.17, 15) is 0 Å². The van der Waals surface area contributed by atoms with E-state index in [1.54, 1.807) is 6.08 Å². The highest BCUT2D eigenvalue weighted by Crippen LogP contribution is 2.34. The molecule has 1 aliphatic heterocycles. The Morgan fingerprint density at radius 2 is 2.40 bits per heavy atom. The molecule has 0 saturated carbocycles. The van der Waals surface area contributed by atoms with Crippen molar-refractivity contribution in [2.24, 2.45) is 0 Å². The van der Waals surface area contributed by atoms with Gasteiger partial charge in [0.1, 0.15) is 5.60 Å². The maximum Gasteiger partial charge on any atom is 0.207 e. The average Bonchev–Trinajstić information content (AvgIpc) is 2.09. The van der Waals surface area contributed by atoms with E-state index in [1.165, 1.54) is 0 Å². The zero-order chi connectivity index (χ0) is 7.78. The third-order valence-corrected chi connectivity index (χ3v) is 2.84. The number of hydrogen-bond acceptors (Lipinski definition) is 2. The molecule has 1 unspecified atom stereocenters. The topological polar surface area (TPSA) is 33.1 Å². The summed E-state index contributed by atoms with van der Waals surface area (Å²) in [5, 5.41) is 7.21. The van der Waals surface area contributed by atoms with Crippen LogP contribution in [0.15, 0.2) is 10.6 Å². The maximum absolute atomic E-state index is 7.21. The second-order valence-electron chi connectivity index (χ2n) is 2.54. The van der Waals surface area contributed by atoms with Gasteiger partial charge >= 0.3 is 0 Å². The minimum Gasteiger partial charge on any atom is -0.466 e. The van der Waals surface area contributed by atoms with Crippen LogP contribution in [0.25, 0.3) is 0 Å². The Morgan fingerprint density at radius 3 is 2.60 bits per heavy atom. The molecule has 56 valence electrons. The van der Waals surface area contributed by atoms with Gasteiger partial charge in [0.05, 0.1) is 0 Å². The van der Waals surface area contributed by atoms with Crippen molar-refractivity contribution in [3.05, 3.63) is 10.6 Å². The van der Waals surface area contributed by atoms with Crippen LogP contribution in [0.3, 0.4) is 0 Å². The molecule has 0 fully saturated rings. The highest BCUT2D eigenvalue weighted by Gasteiger charge is 2.33. The van der Waals surface area contributed by atoms with E-state index in [0.29, 0.717) is 0 Å². The molecular formula is C7H10BrNO. The molecule has 1 aliphatic rings. The Morgan fingerprint density at radius 1 is 1.80 bits per heavy atom. The molecule has 0 aromatic rings. The van der Waals surface area contributed by atoms with Crippen molar-refractivity contribution in [3.8, 4) is 0 Å². The van der Waals surface area contributed by atoms with Crippen LogP contribution in [0.2, 0.25) is 0 Å². The van der Waals surface area contributed by atoms with Gasteiger partial charge in [-0.3, -0.25) is 5.41 Å². The van der Waals surface area contributed by atoms with Crippen LogP contribution in [-0.2, 0) is 4.74 Å². The number of halogens is 1. The van der Waals surface area contributed by atoms with Crippen LogP contribution in [-0.4, -0.2) is 11.5 Å². The lowest BCUT2D eigenvalue weighted by Gasteiger charge is -2.22. The van der Waals surface area contributed by atoms with Crippen LogP contribution in [0.1, 0.15) is 20.3 Å². The summed E-state index contributed by atoms with van der Waals surface area (Å²) in [6.45, 7) is 4.00.